The van der Waals surface area contributed by atoms with Crippen molar-refractivity contribution in [3.63, 3.8) is 0 Å². The highest BCUT2D eigenvalue weighted by Crippen LogP contribution is 2.23. The number of para-hydroxylation sites is 1. The quantitative estimate of drug-likeness (QED) is 0.787. The number of aryl methyl sites for hydroxylation is 1. The number of nitrogens with one attached hydrogen (secondary N) is 1. The summed E-state index contributed by atoms with van der Waals surface area (Å²) < 4.78 is 2.17. The molecule has 0 spiro atoms. The van der Waals surface area contributed by atoms with Gasteiger partial charge in [0.15, 0.2) is 0 Å². The van der Waals surface area contributed by atoms with Crippen molar-refractivity contribution in [2.45, 2.75) is 12.0 Å². The first kappa shape index (κ1) is 9.87. The number of nitrogens with zero attached hydrogens (tertiary/aromatic N) is 1. The van der Waals surface area contributed by atoms with Crippen LogP contribution in [0.3, 0.4) is 0 Å². The van der Waals surface area contributed by atoms with Gasteiger partial charge in [-0.2, -0.15) is 0 Å². The molecular formula is C13H16N2O. The lowest BCUT2D eigenvalue weighted by molar-refractivity contribution is -0.0102. The minimum Gasteiger partial charge on any atom is -0.387 e. The average Bonchev–Trinajstić information content (AvgIpc) is 2.55. The van der Waals surface area contributed by atoms with E-state index in [9.17, 15) is 5.11 Å². The molecule has 16 heavy (non-hydrogen) atoms. The van der Waals surface area contributed by atoms with E-state index in [0.717, 1.165) is 6.42 Å². The van der Waals surface area contributed by atoms with E-state index in [-0.39, 0.29) is 0 Å². The zero-order valence-corrected chi connectivity index (χ0v) is 9.40. The first-order chi connectivity index (χ1) is 7.68. The van der Waals surface area contributed by atoms with Crippen LogP contribution in [0.5, 0.6) is 0 Å². The summed E-state index contributed by atoms with van der Waals surface area (Å²) >= 11 is 0. The Kier molecular flexibility index (Phi) is 2.06. The van der Waals surface area contributed by atoms with Crippen molar-refractivity contribution < 1.29 is 5.11 Å². The third kappa shape index (κ3) is 1.44. The summed E-state index contributed by atoms with van der Waals surface area (Å²) in [6.45, 7) is 1.41. The Hall–Kier alpha value is -1.32. The number of aliphatic hydroxyl groups is 1. The van der Waals surface area contributed by atoms with Gasteiger partial charge in [-0.15, -0.1) is 0 Å². The van der Waals surface area contributed by atoms with E-state index in [1.807, 2.05) is 12.1 Å². The monoisotopic (exact) mass is 216 g/mol. The zero-order chi connectivity index (χ0) is 11.2. The minimum atomic E-state index is -0.540. The van der Waals surface area contributed by atoms with Gasteiger partial charge in [-0.1, -0.05) is 18.2 Å². The second kappa shape index (κ2) is 3.34. The van der Waals surface area contributed by atoms with Crippen molar-refractivity contribution in [3.05, 3.63) is 36.0 Å². The van der Waals surface area contributed by atoms with Crippen molar-refractivity contribution >= 4 is 10.9 Å². The molecule has 0 radical (unpaired) electrons. The average molecular weight is 216 g/mol. The van der Waals surface area contributed by atoms with Gasteiger partial charge in [-0.05, 0) is 17.5 Å². The van der Waals surface area contributed by atoms with Crippen molar-refractivity contribution in [3.8, 4) is 0 Å². The van der Waals surface area contributed by atoms with E-state index in [1.54, 1.807) is 0 Å². The molecule has 0 atom stereocenters. The molecule has 1 aliphatic heterocycles. The Bertz CT molecular complexity index is 526. The Labute approximate surface area is 94.7 Å². The highest BCUT2D eigenvalue weighted by atomic mass is 16.3. The summed E-state index contributed by atoms with van der Waals surface area (Å²) in [5.41, 5.74) is 1.89. The fourth-order valence-corrected chi connectivity index (χ4v) is 2.39. The molecule has 1 aromatic heterocycles. The van der Waals surface area contributed by atoms with Crippen molar-refractivity contribution in [1.82, 2.24) is 9.88 Å². The number of hydrogen-bond donors (Lipinski definition) is 2. The molecular weight excluding hydrogens is 200 g/mol. The van der Waals surface area contributed by atoms with Crippen molar-refractivity contribution in [1.29, 1.82) is 0 Å². The molecule has 3 heteroatoms. The first-order valence-corrected chi connectivity index (χ1v) is 5.64. The largest absolute Gasteiger partial charge is 0.387 e. The van der Waals surface area contributed by atoms with Gasteiger partial charge >= 0.3 is 0 Å². The summed E-state index contributed by atoms with van der Waals surface area (Å²) in [5.74, 6) is 0. The smallest absolute Gasteiger partial charge is 0.0949 e. The van der Waals surface area contributed by atoms with Gasteiger partial charge < -0.3 is 15.0 Å². The second-order valence-electron chi connectivity index (χ2n) is 4.76. The molecule has 0 amide bonds. The van der Waals surface area contributed by atoms with E-state index in [2.05, 4.69) is 35.1 Å². The molecule has 0 saturated carbocycles. The molecule has 2 aromatic rings. The number of β-amino-alcohol motifs (C(OH)–C–C–N with tert-alkyl or cyclic N) is 1. The van der Waals surface area contributed by atoms with Gasteiger partial charge in [0, 0.05) is 37.8 Å². The Morgan fingerprint density at radius 3 is 2.75 bits per heavy atom. The number of aromatic nitrogens is 1. The predicted molar refractivity (Wildman–Crippen MR) is 64.4 cm³/mol. The third-order valence-corrected chi connectivity index (χ3v) is 3.47. The molecule has 1 aromatic carbocycles. The summed E-state index contributed by atoms with van der Waals surface area (Å²) in [6.07, 6.45) is 0.727. The van der Waals surface area contributed by atoms with Gasteiger partial charge in [0.1, 0.15) is 0 Å². The third-order valence-electron chi connectivity index (χ3n) is 3.47. The van der Waals surface area contributed by atoms with Gasteiger partial charge in [-0.3, -0.25) is 0 Å². The molecule has 1 fully saturated rings. The standard InChI is InChI=1S/C13H16N2O/c1-15-11(7-13(16)8-14-9-13)6-10-4-2-3-5-12(10)15/h2-6,14,16H,7-9H2,1H3. The molecule has 2 N–H and O–H groups in total. The fraction of sp³-hybridized carbons (Fsp3) is 0.385. The SMILES string of the molecule is Cn1c(CC2(O)CNC2)cc2ccccc21. The topological polar surface area (TPSA) is 37.2 Å². The molecule has 0 aliphatic carbocycles. The second-order valence-corrected chi connectivity index (χ2v) is 4.76. The molecule has 3 rings (SSSR count). The maximum atomic E-state index is 10.1. The first-order valence-electron chi connectivity index (χ1n) is 5.64. The maximum Gasteiger partial charge on any atom is 0.0949 e. The maximum absolute atomic E-state index is 10.1. The van der Waals surface area contributed by atoms with Crippen LogP contribution in [0, 0.1) is 0 Å². The van der Waals surface area contributed by atoms with Crippen molar-refractivity contribution in [2.75, 3.05) is 13.1 Å². The molecule has 2 heterocycles. The fourth-order valence-electron chi connectivity index (χ4n) is 2.39. The molecule has 0 bridgehead atoms. The Morgan fingerprint density at radius 2 is 2.12 bits per heavy atom. The van der Waals surface area contributed by atoms with Crippen LogP contribution in [-0.2, 0) is 13.5 Å². The highest BCUT2D eigenvalue weighted by Gasteiger charge is 2.35. The minimum absolute atomic E-state index is 0.540. The predicted octanol–water partition coefficient (Wildman–Crippen LogP) is 1.06. The number of rotatable bonds is 2. The normalized spacial score (nSPS) is 18.6. The van der Waals surface area contributed by atoms with Crippen molar-refractivity contribution in [2.24, 2.45) is 7.05 Å². The van der Waals surface area contributed by atoms with Crippen LogP contribution in [0.25, 0.3) is 10.9 Å². The van der Waals surface area contributed by atoms with Gasteiger partial charge in [0.25, 0.3) is 0 Å². The molecule has 1 saturated heterocycles. The van der Waals surface area contributed by atoms with E-state index in [1.165, 1.54) is 16.6 Å². The van der Waals surface area contributed by atoms with E-state index >= 15 is 0 Å². The van der Waals surface area contributed by atoms with Crippen LogP contribution in [0.15, 0.2) is 30.3 Å². The number of benzene rings is 1. The van der Waals surface area contributed by atoms with Crippen LogP contribution in [0.1, 0.15) is 5.69 Å². The summed E-state index contributed by atoms with van der Waals surface area (Å²) in [5, 5.41) is 14.5. The molecule has 3 nitrogen and oxygen atoms in total. The van der Waals surface area contributed by atoms with Crippen LogP contribution < -0.4 is 5.32 Å². The van der Waals surface area contributed by atoms with E-state index < -0.39 is 5.60 Å². The van der Waals surface area contributed by atoms with E-state index in [4.69, 9.17) is 0 Å². The number of fused-ring (bicyclic) bond motifs is 1. The van der Waals surface area contributed by atoms with Gasteiger partial charge in [-0.25, -0.2) is 0 Å². The summed E-state index contributed by atoms with van der Waals surface area (Å²) in [4.78, 5) is 0. The lowest BCUT2D eigenvalue weighted by atomic mass is 9.91. The molecule has 84 valence electrons. The number of hydrogen-bond acceptors (Lipinski definition) is 2. The lowest BCUT2D eigenvalue weighted by Gasteiger charge is -2.37. The summed E-state index contributed by atoms with van der Waals surface area (Å²) in [6, 6.07) is 10.5. The molecule has 1 aliphatic rings. The highest BCUT2D eigenvalue weighted by molar-refractivity contribution is 5.81. The summed E-state index contributed by atoms with van der Waals surface area (Å²) in [7, 11) is 2.06. The van der Waals surface area contributed by atoms with Gasteiger partial charge in [0.2, 0.25) is 0 Å². The van der Waals surface area contributed by atoms with Crippen LogP contribution in [0.4, 0.5) is 0 Å². The Morgan fingerprint density at radius 1 is 1.38 bits per heavy atom. The Balaban J connectivity index is 2.00. The van der Waals surface area contributed by atoms with Crippen LogP contribution in [-0.4, -0.2) is 28.4 Å². The van der Waals surface area contributed by atoms with Crippen LogP contribution in [0.2, 0.25) is 0 Å². The van der Waals surface area contributed by atoms with Crippen LogP contribution >= 0.6 is 0 Å². The zero-order valence-electron chi connectivity index (χ0n) is 9.40. The van der Waals surface area contributed by atoms with Gasteiger partial charge in [0.05, 0.1) is 5.60 Å². The lowest BCUT2D eigenvalue weighted by Crippen LogP contribution is -2.60. The van der Waals surface area contributed by atoms with E-state index in [0.29, 0.717) is 13.1 Å². The molecule has 0 unspecified atom stereocenters.